The first-order chi connectivity index (χ1) is 19.7. The van der Waals surface area contributed by atoms with Crippen molar-refractivity contribution in [3.05, 3.63) is 117 Å². The van der Waals surface area contributed by atoms with Gasteiger partial charge in [0.05, 0.1) is 28.4 Å². The molecular weight excluding hydrogens is 630 g/mol. The molecule has 4 rings (SSSR count). The van der Waals surface area contributed by atoms with Crippen LogP contribution in [-0.2, 0) is 21.4 Å². The molecule has 0 saturated carbocycles. The second-order valence-corrected chi connectivity index (χ2v) is 11.9. The highest BCUT2D eigenvalue weighted by molar-refractivity contribution is 9.10. The zero-order valence-electron chi connectivity index (χ0n) is 22.3. The van der Waals surface area contributed by atoms with Gasteiger partial charge in [0.1, 0.15) is 13.2 Å². The van der Waals surface area contributed by atoms with Gasteiger partial charge in [-0.2, -0.15) is 5.10 Å². The Morgan fingerprint density at radius 1 is 1.02 bits per heavy atom. The minimum Gasteiger partial charge on any atom is -0.493 e. The van der Waals surface area contributed by atoms with E-state index in [2.05, 4.69) is 26.5 Å². The number of amides is 1. The Hall–Kier alpha value is -3.86. The van der Waals surface area contributed by atoms with Crippen molar-refractivity contribution in [3.63, 3.8) is 0 Å². The van der Waals surface area contributed by atoms with Crippen LogP contribution in [0.25, 0.3) is 0 Å². The summed E-state index contributed by atoms with van der Waals surface area (Å²) in [4.78, 5) is 13.0. The van der Waals surface area contributed by atoms with Crippen LogP contribution in [-0.4, -0.2) is 34.2 Å². The topological polar surface area (TPSA) is 97.3 Å². The van der Waals surface area contributed by atoms with Gasteiger partial charge >= 0.3 is 0 Å². The fourth-order valence-corrected chi connectivity index (χ4v) is 6.16. The summed E-state index contributed by atoms with van der Waals surface area (Å²) in [6.45, 7) is 1.53. The Balaban J connectivity index is 1.51. The molecule has 8 nitrogen and oxygen atoms in total. The van der Waals surface area contributed by atoms with Gasteiger partial charge in [0, 0.05) is 5.02 Å². The minimum absolute atomic E-state index is 0.0437. The SMILES string of the molecule is COc1cc(/C=N\NC(=O)CN(c2cccc(Cl)c2C)S(=O)(=O)c2ccccc2)cc(Br)c1OCc1ccccc1. The third kappa shape index (κ3) is 7.46. The summed E-state index contributed by atoms with van der Waals surface area (Å²) in [5, 5.41) is 4.41. The van der Waals surface area contributed by atoms with Crippen LogP contribution < -0.4 is 19.2 Å². The normalized spacial score (nSPS) is 11.3. The first-order valence-corrected chi connectivity index (χ1v) is 15.0. The van der Waals surface area contributed by atoms with Gasteiger partial charge in [-0.1, -0.05) is 66.2 Å². The maximum atomic E-state index is 13.5. The van der Waals surface area contributed by atoms with Crippen LogP contribution in [0.3, 0.4) is 0 Å². The zero-order chi connectivity index (χ0) is 29.4. The lowest BCUT2D eigenvalue weighted by atomic mass is 10.2. The number of carbonyl (C=O) groups is 1. The maximum absolute atomic E-state index is 13.5. The lowest BCUT2D eigenvalue weighted by Gasteiger charge is -2.25. The van der Waals surface area contributed by atoms with Crippen molar-refractivity contribution in [1.29, 1.82) is 0 Å². The van der Waals surface area contributed by atoms with Crippen LogP contribution >= 0.6 is 27.5 Å². The fourth-order valence-electron chi connectivity index (χ4n) is 3.91. The molecule has 0 aliphatic rings. The van der Waals surface area contributed by atoms with Gasteiger partial charge in [-0.25, -0.2) is 13.8 Å². The molecule has 0 spiro atoms. The second kappa shape index (κ2) is 13.7. The van der Waals surface area contributed by atoms with Gasteiger partial charge in [-0.05, 0) is 75.9 Å². The zero-order valence-corrected chi connectivity index (χ0v) is 25.4. The average molecular weight is 657 g/mol. The van der Waals surface area contributed by atoms with Crippen molar-refractivity contribution in [2.75, 3.05) is 18.0 Å². The van der Waals surface area contributed by atoms with E-state index in [9.17, 15) is 13.2 Å². The number of rotatable bonds is 11. The smallest absolute Gasteiger partial charge is 0.264 e. The Kier molecular flexibility index (Phi) is 10.0. The Morgan fingerprint density at radius 2 is 1.71 bits per heavy atom. The lowest BCUT2D eigenvalue weighted by molar-refractivity contribution is -0.119. The van der Waals surface area contributed by atoms with Gasteiger partial charge in [-0.15, -0.1) is 0 Å². The molecule has 41 heavy (non-hydrogen) atoms. The number of hydrogen-bond acceptors (Lipinski definition) is 6. The molecule has 212 valence electrons. The number of sulfonamides is 1. The second-order valence-electron chi connectivity index (χ2n) is 8.81. The van der Waals surface area contributed by atoms with Gasteiger partial charge in [0.15, 0.2) is 11.5 Å². The number of benzene rings is 4. The molecule has 4 aromatic rings. The fraction of sp³-hybridized carbons (Fsp3) is 0.133. The van der Waals surface area contributed by atoms with Crippen molar-refractivity contribution in [3.8, 4) is 11.5 Å². The molecule has 0 aromatic heterocycles. The van der Waals surface area contributed by atoms with Crippen LogP contribution in [0.2, 0.25) is 5.02 Å². The number of hydrazone groups is 1. The molecule has 0 aliphatic heterocycles. The van der Waals surface area contributed by atoms with Crippen LogP contribution in [0.15, 0.2) is 105 Å². The number of halogens is 2. The molecule has 0 atom stereocenters. The summed E-state index contributed by atoms with van der Waals surface area (Å²) in [5.41, 5.74) is 4.84. The van der Waals surface area contributed by atoms with Crippen molar-refractivity contribution in [2.45, 2.75) is 18.4 Å². The molecule has 0 heterocycles. The summed E-state index contributed by atoms with van der Waals surface area (Å²) in [6, 6.07) is 26.0. The molecule has 11 heteroatoms. The number of nitrogens with one attached hydrogen (secondary N) is 1. The molecular formula is C30H27BrClN3O5S. The number of methoxy groups -OCH3 is 1. The largest absolute Gasteiger partial charge is 0.493 e. The van der Waals surface area contributed by atoms with Gasteiger partial charge < -0.3 is 9.47 Å². The number of nitrogens with zero attached hydrogens (tertiary/aromatic N) is 2. The lowest BCUT2D eigenvalue weighted by Crippen LogP contribution is -2.40. The Labute approximate surface area is 252 Å². The summed E-state index contributed by atoms with van der Waals surface area (Å²) in [6.07, 6.45) is 1.42. The first-order valence-electron chi connectivity index (χ1n) is 12.4. The molecule has 1 N–H and O–H groups in total. The van der Waals surface area contributed by atoms with Gasteiger partial charge in [-0.3, -0.25) is 9.10 Å². The minimum atomic E-state index is -4.09. The predicted octanol–water partition coefficient (Wildman–Crippen LogP) is 6.34. The highest BCUT2D eigenvalue weighted by Gasteiger charge is 2.28. The number of hydrogen-bond donors (Lipinski definition) is 1. The van der Waals surface area contributed by atoms with E-state index < -0.39 is 22.5 Å². The highest BCUT2D eigenvalue weighted by Crippen LogP contribution is 2.37. The first kappa shape index (κ1) is 30.1. The van der Waals surface area contributed by atoms with Crippen LogP contribution in [0.1, 0.15) is 16.7 Å². The Morgan fingerprint density at radius 3 is 2.39 bits per heavy atom. The summed E-state index contributed by atoms with van der Waals surface area (Å²) >= 11 is 9.78. The molecule has 0 aliphatic carbocycles. The third-order valence-electron chi connectivity index (χ3n) is 6.01. The van der Waals surface area contributed by atoms with Crippen molar-refractivity contribution in [2.24, 2.45) is 5.10 Å². The van der Waals surface area contributed by atoms with Crippen molar-refractivity contribution in [1.82, 2.24) is 5.43 Å². The number of ether oxygens (including phenoxy) is 2. The molecule has 4 aromatic carbocycles. The van der Waals surface area contributed by atoms with Crippen LogP contribution in [0, 0.1) is 6.92 Å². The molecule has 0 saturated heterocycles. The standard InChI is InChI=1S/C30H27BrClN3O5S/c1-21-26(32)14-9-15-27(21)35(41(37,38)24-12-7-4-8-13-24)19-29(36)34-33-18-23-16-25(31)30(28(17-23)39-2)40-20-22-10-5-3-6-11-22/h3-18H,19-20H2,1-2H3,(H,34,36)/b33-18-. The summed E-state index contributed by atoms with van der Waals surface area (Å²) in [5.74, 6) is 0.352. The quantitative estimate of drug-likeness (QED) is 0.150. The van der Waals surface area contributed by atoms with E-state index in [1.54, 1.807) is 55.5 Å². The van der Waals surface area contributed by atoms with E-state index in [1.807, 2.05) is 30.3 Å². The van der Waals surface area contributed by atoms with E-state index >= 15 is 0 Å². The van der Waals surface area contributed by atoms with Crippen molar-refractivity contribution < 1.29 is 22.7 Å². The monoisotopic (exact) mass is 655 g/mol. The third-order valence-corrected chi connectivity index (χ3v) is 8.78. The molecule has 0 bridgehead atoms. The molecule has 0 radical (unpaired) electrons. The highest BCUT2D eigenvalue weighted by atomic mass is 79.9. The van der Waals surface area contributed by atoms with E-state index in [4.69, 9.17) is 21.1 Å². The molecule has 1 amide bonds. The number of carbonyl (C=O) groups excluding carboxylic acids is 1. The molecule has 0 fully saturated rings. The Bertz CT molecular complexity index is 1650. The molecule has 0 unspecified atom stereocenters. The maximum Gasteiger partial charge on any atom is 0.264 e. The number of anilines is 1. The van der Waals surface area contributed by atoms with Crippen molar-refractivity contribution >= 4 is 55.4 Å². The van der Waals surface area contributed by atoms with Crippen LogP contribution in [0.4, 0.5) is 5.69 Å². The van der Waals surface area contributed by atoms with Gasteiger partial charge in [0.25, 0.3) is 15.9 Å². The predicted molar refractivity (Wildman–Crippen MR) is 164 cm³/mol. The summed E-state index contributed by atoms with van der Waals surface area (Å²) in [7, 11) is -2.56. The van der Waals surface area contributed by atoms with E-state index in [0.717, 1.165) is 9.87 Å². The average Bonchev–Trinajstić information content (AvgIpc) is 2.97. The van der Waals surface area contributed by atoms with Gasteiger partial charge in [0.2, 0.25) is 0 Å². The van der Waals surface area contributed by atoms with E-state index in [-0.39, 0.29) is 4.90 Å². The summed E-state index contributed by atoms with van der Waals surface area (Å²) < 4.78 is 40.2. The van der Waals surface area contributed by atoms with E-state index in [0.29, 0.717) is 44.4 Å². The van der Waals surface area contributed by atoms with E-state index in [1.165, 1.54) is 25.5 Å². The van der Waals surface area contributed by atoms with Crippen LogP contribution in [0.5, 0.6) is 11.5 Å².